The number of sulfonamides is 1. The van der Waals surface area contributed by atoms with Crippen molar-refractivity contribution in [2.45, 2.75) is 29.8 Å². The van der Waals surface area contributed by atoms with Gasteiger partial charge in [-0.2, -0.15) is 4.72 Å². The molecule has 2 aromatic rings. The smallest absolute Gasteiger partial charge is 0.352 e. The lowest BCUT2D eigenvalue weighted by Gasteiger charge is -2.49. The number of nitrogens with one attached hydrogen (secondary N) is 3. The number of anilines is 1. The summed E-state index contributed by atoms with van der Waals surface area (Å²) >= 11 is 1.17. The molecule has 2 aromatic carbocycles. The van der Waals surface area contributed by atoms with Gasteiger partial charge in [0.1, 0.15) is 23.7 Å². The van der Waals surface area contributed by atoms with Crippen LogP contribution in [0.4, 0.5) is 10.5 Å². The summed E-state index contributed by atoms with van der Waals surface area (Å²) < 4.78 is 33.1. The number of carboxylic acids is 1. The number of hydrogen-bond acceptors (Lipinski definition) is 8. The molecule has 0 saturated carbocycles. The SMILES string of the molecule is CC(=O)OCC1=C(C(=O)O)N2C(=O)[C@@H](NS(=O)(=O)c3ccc(NC(=O)NCc4ccccc4)cc3)[C@H]2SC1. The predicted molar refractivity (Wildman–Crippen MR) is 137 cm³/mol. The molecule has 2 heterocycles. The van der Waals surface area contributed by atoms with Gasteiger partial charge in [-0.05, 0) is 29.8 Å². The molecule has 2 atom stereocenters. The highest BCUT2D eigenvalue weighted by Crippen LogP contribution is 2.40. The zero-order valence-corrected chi connectivity index (χ0v) is 21.7. The maximum Gasteiger partial charge on any atom is 0.352 e. The fourth-order valence-corrected chi connectivity index (χ4v) is 6.47. The van der Waals surface area contributed by atoms with Crippen LogP contribution in [0.1, 0.15) is 12.5 Å². The molecule has 3 amide bonds. The van der Waals surface area contributed by atoms with Gasteiger partial charge in [0, 0.05) is 30.5 Å². The molecule has 0 unspecified atom stereocenters. The second-order valence-corrected chi connectivity index (χ2v) is 11.2. The number of rotatable bonds is 9. The molecule has 1 saturated heterocycles. The summed E-state index contributed by atoms with van der Waals surface area (Å²) in [4.78, 5) is 48.7. The highest BCUT2D eigenvalue weighted by molar-refractivity contribution is 8.00. The van der Waals surface area contributed by atoms with Crippen LogP contribution >= 0.6 is 11.8 Å². The Balaban J connectivity index is 1.38. The van der Waals surface area contributed by atoms with E-state index in [4.69, 9.17) is 4.74 Å². The molecule has 2 aliphatic heterocycles. The van der Waals surface area contributed by atoms with Gasteiger partial charge in [0.05, 0.1) is 4.90 Å². The van der Waals surface area contributed by atoms with Crippen molar-refractivity contribution in [1.29, 1.82) is 0 Å². The number of ether oxygens (including phenoxy) is 1. The van der Waals surface area contributed by atoms with Crippen molar-refractivity contribution in [1.82, 2.24) is 14.9 Å². The third-order valence-corrected chi connectivity index (χ3v) is 8.50. The van der Waals surface area contributed by atoms with Crippen LogP contribution in [-0.2, 0) is 35.7 Å². The van der Waals surface area contributed by atoms with E-state index in [1.165, 1.54) is 43.0 Å². The lowest BCUT2D eigenvalue weighted by Crippen LogP contribution is -2.70. The van der Waals surface area contributed by atoms with Crippen LogP contribution in [0.5, 0.6) is 0 Å². The number of fused-ring (bicyclic) bond motifs is 1. The highest BCUT2D eigenvalue weighted by atomic mass is 32.2. The number of carbonyl (C=O) groups excluding carboxylic acids is 3. The maximum atomic E-state index is 12.9. The van der Waals surface area contributed by atoms with E-state index < -0.39 is 45.3 Å². The molecule has 200 valence electrons. The minimum atomic E-state index is -4.14. The number of hydrogen-bond donors (Lipinski definition) is 4. The van der Waals surface area contributed by atoms with E-state index in [0.29, 0.717) is 12.2 Å². The van der Waals surface area contributed by atoms with Crippen LogP contribution in [0, 0.1) is 0 Å². The quantitative estimate of drug-likeness (QED) is 0.262. The average Bonchev–Trinajstić information content (AvgIpc) is 2.89. The van der Waals surface area contributed by atoms with Gasteiger partial charge in [0.2, 0.25) is 15.9 Å². The monoisotopic (exact) mass is 560 g/mol. The molecular weight excluding hydrogens is 536 g/mol. The van der Waals surface area contributed by atoms with E-state index in [2.05, 4.69) is 15.4 Å². The number of carbonyl (C=O) groups is 4. The standard InChI is InChI=1S/C24H24N4O8S2/c1-14(29)36-12-16-13-37-22-19(21(30)28(22)20(16)23(31)32)27-38(34,35)18-9-7-17(8-10-18)26-24(33)25-11-15-5-3-2-4-6-15/h2-10,19,22,27H,11-13H2,1H3,(H,31,32)(H2,25,26,33)/t19-,22-/m1/s1. The Morgan fingerprint density at radius 1 is 1.11 bits per heavy atom. The van der Waals surface area contributed by atoms with Gasteiger partial charge in [0.25, 0.3) is 0 Å². The fraction of sp³-hybridized carbons (Fsp3) is 0.250. The summed E-state index contributed by atoms with van der Waals surface area (Å²) in [7, 11) is -4.14. The zero-order valence-electron chi connectivity index (χ0n) is 20.0. The van der Waals surface area contributed by atoms with Gasteiger partial charge < -0.3 is 20.5 Å². The average molecular weight is 561 g/mol. The Labute approximate surface area is 222 Å². The molecule has 0 aliphatic carbocycles. The van der Waals surface area contributed by atoms with E-state index >= 15 is 0 Å². The fourth-order valence-electron chi connectivity index (χ4n) is 3.86. The van der Waals surface area contributed by atoms with Crippen LogP contribution in [0.15, 0.2) is 70.8 Å². The number of thioether (sulfide) groups is 1. The zero-order chi connectivity index (χ0) is 27.4. The number of β-lactam (4-membered cyclic amide) rings is 1. The number of carboxylic acid groups (broad SMARTS) is 1. The Bertz CT molecular complexity index is 1390. The normalized spacial score (nSPS) is 18.8. The van der Waals surface area contributed by atoms with Crippen molar-refractivity contribution in [2.75, 3.05) is 17.7 Å². The minimum Gasteiger partial charge on any atom is -0.477 e. The van der Waals surface area contributed by atoms with E-state index in [0.717, 1.165) is 10.5 Å². The first-order valence-corrected chi connectivity index (χ1v) is 13.8. The van der Waals surface area contributed by atoms with Gasteiger partial charge >= 0.3 is 18.0 Å². The Hall–Kier alpha value is -3.88. The molecule has 0 aromatic heterocycles. The molecule has 4 N–H and O–H groups in total. The van der Waals surface area contributed by atoms with Crippen LogP contribution in [0.2, 0.25) is 0 Å². The van der Waals surface area contributed by atoms with E-state index in [1.54, 1.807) is 0 Å². The predicted octanol–water partition coefficient (Wildman–Crippen LogP) is 1.47. The third kappa shape index (κ3) is 5.98. The molecule has 4 rings (SSSR count). The lowest BCUT2D eigenvalue weighted by molar-refractivity contribution is -0.148. The number of urea groups is 1. The van der Waals surface area contributed by atoms with Crippen LogP contribution < -0.4 is 15.4 Å². The molecule has 2 aliphatic rings. The number of benzene rings is 2. The summed E-state index contributed by atoms with van der Waals surface area (Å²) in [6.07, 6.45) is 0. The van der Waals surface area contributed by atoms with Gasteiger partial charge in [-0.15, -0.1) is 11.8 Å². The Morgan fingerprint density at radius 2 is 1.79 bits per heavy atom. The number of esters is 1. The number of aliphatic carboxylic acids is 1. The largest absolute Gasteiger partial charge is 0.477 e. The molecular formula is C24H24N4O8S2. The summed E-state index contributed by atoms with van der Waals surface area (Å²) in [5.41, 5.74) is 1.22. The highest BCUT2D eigenvalue weighted by Gasteiger charge is 2.55. The third-order valence-electron chi connectivity index (χ3n) is 5.70. The maximum absolute atomic E-state index is 12.9. The summed E-state index contributed by atoms with van der Waals surface area (Å²) in [5.74, 6) is -2.54. The minimum absolute atomic E-state index is 0.135. The van der Waals surface area contributed by atoms with Crippen molar-refractivity contribution in [3.8, 4) is 0 Å². The van der Waals surface area contributed by atoms with Crippen molar-refractivity contribution >= 4 is 51.3 Å². The molecule has 14 heteroatoms. The first-order valence-electron chi connectivity index (χ1n) is 11.3. The van der Waals surface area contributed by atoms with E-state index in [1.807, 2.05) is 30.3 Å². The van der Waals surface area contributed by atoms with Gasteiger partial charge in [-0.1, -0.05) is 30.3 Å². The second-order valence-electron chi connectivity index (χ2n) is 8.36. The van der Waals surface area contributed by atoms with Crippen molar-refractivity contribution in [3.05, 3.63) is 71.4 Å². The Kier molecular flexibility index (Phi) is 8.04. The van der Waals surface area contributed by atoms with Crippen molar-refractivity contribution in [3.63, 3.8) is 0 Å². The van der Waals surface area contributed by atoms with Gasteiger partial charge in [0.15, 0.2) is 0 Å². The summed E-state index contributed by atoms with van der Waals surface area (Å²) in [5, 5.41) is 14.2. The number of nitrogens with zero attached hydrogens (tertiary/aromatic N) is 1. The topological polar surface area (TPSA) is 171 Å². The molecule has 0 bridgehead atoms. The van der Waals surface area contributed by atoms with E-state index in [9.17, 15) is 32.7 Å². The molecule has 12 nitrogen and oxygen atoms in total. The molecule has 1 fully saturated rings. The van der Waals surface area contributed by atoms with Gasteiger partial charge in [-0.25, -0.2) is 18.0 Å². The molecule has 38 heavy (non-hydrogen) atoms. The second kappa shape index (κ2) is 11.2. The Morgan fingerprint density at radius 3 is 2.42 bits per heavy atom. The first-order chi connectivity index (χ1) is 18.1. The van der Waals surface area contributed by atoms with Crippen molar-refractivity contribution < 1.29 is 37.4 Å². The molecule has 0 radical (unpaired) electrons. The van der Waals surface area contributed by atoms with Crippen LogP contribution in [-0.4, -0.2) is 66.1 Å². The summed E-state index contributed by atoms with van der Waals surface area (Å²) in [6.45, 7) is 1.23. The summed E-state index contributed by atoms with van der Waals surface area (Å²) in [6, 6.07) is 13.1. The van der Waals surface area contributed by atoms with Gasteiger partial charge in [-0.3, -0.25) is 14.5 Å². The lowest BCUT2D eigenvalue weighted by atomic mass is 10.0. The van der Waals surface area contributed by atoms with Crippen molar-refractivity contribution in [2.24, 2.45) is 0 Å². The van der Waals surface area contributed by atoms with Crippen LogP contribution in [0.25, 0.3) is 0 Å². The first kappa shape index (κ1) is 27.2. The number of amides is 3. The molecule has 0 spiro atoms. The van der Waals surface area contributed by atoms with E-state index in [-0.39, 0.29) is 28.5 Å². The van der Waals surface area contributed by atoms with Crippen LogP contribution in [0.3, 0.4) is 0 Å².